The van der Waals surface area contributed by atoms with Crippen molar-refractivity contribution in [1.82, 2.24) is 15.0 Å². The Hall–Kier alpha value is -1.49. The SMILES string of the molecule is Cc1nc(N2CCCCCC2)c2cnc(Cl)c(F)c2n1. The quantitative estimate of drug-likeness (QED) is 0.755. The summed E-state index contributed by atoms with van der Waals surface area (Å²) < 4.78 is 14.1. The topological polar surface area (TPSA) is 41.9 Å². The second kappa shape index (κ2) is 5.48. The van der Waals surface area contributed by atoms with Crippen LogP contribution in [0, 0.1) is 12.7 Å². The molecule has 0 bridgehead atoms. The number of hydrogen-bond donors (Lipinski definition) is 0. The zero-order valence-corrected chi connectivity index (χ0v) is 12.1. The van der Waals surface area contributed by atoms with E-state index < -0.39 is 5.82 Å². The van der Waals surface area contributed by atoms with Crippen LogP contribution in [0.15, 0.2) is 6.20 Å². The van der Waals surface area contributed by atoms with Gasteiger partial charge in [0.25, 0.3) is 0 Å². The number of fused-ring (bicyclic) bond motifs is 1. The fourth-order valence-electron chi connectivity index (χ4n) is 2.65. The summed E-state index contributed by atoms with van der Waals surface area (Å²) in [6.07, 6.45) is 6.30. The second-order valence-corrected chi connectivity index (χ2v) is 5.48. The van der Waals surface area contributed by atoms with Gasteiger partial charge >= 0.3 is 0 Å². The van der Waals surface area contributed by atoms with Crippen LogP contribution in [0.4, 0.5) is 10.2 Å². The molecule has 2 aromatic heterocycles. The first-order chi connectivity index (χ1) is 9.66. The highest BCUT2D eigenvalue weighted by atomic mass is 35.5. The van der Waals surface area contributed by atoms with E-state index in [-0.39, 0.29) is 10.7 Å². The van der Waals surface area contributed by atoms with E-state index in [1.165, 1.54) is 12.8 Å². The summed E-state index contributed by atoms with van der Waals surface area (Å²) in [4.78, 5) is 14.8. The summed E-state index contributed by atoms with van der Waals surface area (Å²) >= 11 is 5.74. The zero-order chi connectivity index (χ0) is 14.1. The molecule has 3 heterocycles. The summed E-state index contributed by atoms with van der Waals surface area (Å²) in [6, 6.07) is 0. The maximum atomic E-state index is 14.1. The summed E-state index contributed by atoms with van der Waals surface area (Å²) in [5, 5.41) is 0.497. The Morgan fingerprint density at radius 1 is 1.15 bits per heavy atom. The Balaban J connectivity index is 2.16. The van der Waals surface area contributed by atoms with Crippen molar-refractivity contribution in [1.29, 1.82) is 0 Å². The number of anilines is 1. The highest BCUT2D eigenvalue weighted by Crippen LogP contribution is 2.29. The minimum absolute atomic E-state index is 0.141. The Morgan fingerprint density at radius 2 is 1.85 bits per heavy atom. The average Bonchev–Trinajstić information content (AvgIpc) is 2.71. The van der Waals surface area contributed by atoms with Gasteiger partial charge in [-0.3, -0.25) is 0 Å². The molecule has 2 aromatic rings. The molecule has 1 aliphatic heterocycles. The average molecular weight is 295 g/mol. The van der Waals surface area contributed by atoms with Crippen molar-refractivity contribution in [3.8, 4) is 0 Å². The summed E-state index contributed by atoms with van der Waals surface area (Å²) in [6.45, 7) is 3.65. The van der Waals surface area contributed by atoms with Crippen molar-refractivity contribution < 1.29 is 4.39 Å². The first kappa shape index (κ1) is 13.5. The predicted molar refractivity (Wildman–Crippen MR) is 77.7 cm³/mol. The van der Waals surface area contributed by atoms with Gasteiger partial charge in [-0.25, -0.2) is 19.3 Å². The van der Waals surface area contributed by atoms with Crippen LogP contribution in [0.25, 0.3) is 10.9 Å². The molecule has 106 valence electrons. The van der Waals surface area contributed by atoms with E-state index >= 15 is 0 Å². The lowest BCUT2D eigenvalue weighted by molar-refractivity contribution is 0.630. The summed E-state index contributed by atoms with van der Waals surface area (Å²) in [5.74, 6) is 0.765. The molecule has 0 aliphatic carbocycles. The predicted octanol–water partition coefficient (Wildman–Crippen LogP) is 3.51. The molecule has 0 aromatic carbocycles. The number of rotatable bonds is 1. The lowest BCUT2D eigenvalue weighted by atomic mass is 10.2. The third-order valence-corrected chi connectivity index (χ3v) is 3.90. The Bertz CT molecular complexity index is 639. The van der Waals surface area contributed by atoms with E-state index in [0.29, 0.717) is 11.2 Å². The number of nitrogens with zero attached hydrogens (tertiary/aromatic N) is 4. The third kappa shape index (κ3) is 2.42. The maximum Gasteiger partial charge on any atom is 0.186 e. The van der Waals surface area contributed by atoms with E-state index in [0.717, 1.165) is 31.7 Å². The van der Waals surface area contributed by atoms with Crippen LogP contribution in [0.3, 0.4) is 0 Å². The van der Waals surface area contributed by atoms with Gasteiger partial charge in [0.05, 0.1) is 5.39 Å². The smallest absolute Gasteiger partial charge is 0.186 e. The molecule has 6 heteroatoms. The molecule has 3 rings (SSSR count). The van der Waals surface area contributed by atoms with Gasteiger partial charge in [-0.05, 0) is 19.8 Å². The fraction of sp³-hybridized carbons (Fsp3) is 0.500. The van der Waals surface area contributed by atoms with Crippen LogP contribution in [-0.2, 0) is 0 Å². The molecule has 4 nitrogen and oxygen atoms in total. The largest absolute Gasteiger partial charge is 0.356 e. The van der Waals surface area contributed by atoms with E-state index in [1.54, 1.807) is 13.1 Å². The van der Waals surface area contributed by atoms with Gasteiger partial charge < -0.3 is 4.90 Å². The van der Waals surface area contributed by atoms with Crippen molar-refractivity contribution >= 4 is 28.3 Å². The normalized spacial score (nSPS) is 16.4. The van der Waals surface area contributed by atoms with Gasteiger partial charge in [0.2, 0.25) is 0 Å². The van der Waals surface area contributed by atoms with Crippen LogP contribution < -0.4 is 4.90 Å². The second-order valence-electron chi connectivity index (χ2n) is 5.12. The molecule has 1 fully saturated rings. The van der Waals surface area contributed by atoms with Gasteiger partial charge in [-0.2, -0.15) is 0 Å². The Morgan fingerprint density at radius 3 is 2.55 bits per heavy atom. The van der Waals surface area contributed by atoms with E-state index in [2.05, 4.69) is 19.9 Å². The van der Waals surface area contributed by atoms with Crippen molar-refractivity contribution in [3.63, 3.8) is 0 Å². The van der Waals surface area contributed by atoms with Crippen molar-refractivity contribution in [2.45, 2.75) is 32.6 Å². The fourth-order valence-corrected chi connectivity index (χ4v) is 2.79. The molecule has 1 saturated heterocycles. The lowest BCUT2D eigenvalue weighted by Crippen LogP contribution is -2.25. The van der Waals surface area contributed by atoms with Crippen LogP contribution in [0.1, 0.15) is 31.5 Å². The number of aryl methyl sites for hydroxylation is 1. The Labute approximate surface area is 122 Å². The van der Waals surface area contributed by atoms with Crippen molar-refractivity contribution in [2.24, 2.45) is 0 Å². The minimum Gasteiger partial charge on any atom is -0.356 e. The summed E-state index contributed by atoms with van der Waals surface area (Å²) in [5.41, 5.74) is 0.261. The zero-order valence-electron chi connectivity index (χ0n) is 11.4. The van der Waals surface area contributed by atoms with Gasteiger partial charge in [0, 0.05) is 19.3 Å². The molecule has 0 N–H and O–H groups in total. The molecule has 1 aliphatic rings. The maximum absolute atomic E-state index is 14.1. The first-order valence-electron chi connectivity index (χ1n) is 6.90. The van der Waals surface area contributed by atoms with Crippen LogP contribution in [0.2, 0.25) is 5.15 Å². The molecule has 20 heavy (non-hydrogen) atoms. The van der Waals surface area contributed by atoms with Crippen LogP contribution in [0.5, 0.6) is 0 Å². The Kier molecular flexibility index (Phi) is 3.70. The first-order valence-corrected chi connectivity index (χ1v) is 7.28. The monoisotopic (exact) mass is 294 g/mol. The number of pyridine rings is 1. The van der Waals surface area contributed by atoms with Crippen molar-refractivity contribution in [3.05, 3.63) is 23.0 Å². The highest BCUT2D eigenvalue weighted by molar-refractivity contribution is 6.30. The number of hydrogen-bond acceptors (Lipinski definition) is 4. The highest BCUT2D eigenvalue weighted by Gasteiger charge is 2.18. The molecule has 0 unspecified atom stereocenters. The van der Waals surface area contributed by atoms with Crippen molar-refractivity contribution in [2.75, 3.05) is 18.0 Å². The van der Waals surface area contributed by atoms with E-state index in [4.69, 9.17) is 11.6 Å². The molecule has 0 amide bonds. The lowest BCUT2D eigenvalue weighted by Gasteiger charge is -2.23. The molecule has 0 radical (unpaired) electrons. The molecular formula is C14H16ClFN4. The standard InChI is InChI=1S/C14H16ClFN4/c1-9-18-12-10(8-17-13(15)11(12)16)14(19-9)20-6-4-2-3-5-7-20/h8H,2-7H2,1H3. The molecular weight excluding hydrogens is 279 g/mol. The minimum atomic E-state index is -0.564. The summed E-state index contributed by atoms with van der Waals surface area (Å²) in [7, 11) is 0. The van der Waals surface area contributed by atoms with E-state index in [1.807, 2.05) is 0 Å². The third-order valence-electron chi connectivity index (χ3n) is 3.64. The molecule has 0 saturated carbocycles. The van der Waals surface area contributed by atoms with Crippen LogP contribution >= 0.6 is 11.6 Å². The molecule has 0 spiro atoms. The number of aromatic nitrogens is 3. The van der Waals surface area contributed by atoms with Gasteiger partial charge in [0.15, 0.2) is 11.0 Å². The number of halogens is 2. The van der Waals surface area contributed by atoms with Gasteiger partial charge in [0.1, 0.15) is 17.2 Å². The van der Waals surface area contributed by atoms with Gasteiger partial charge in [-0.15, -0.1) is 0 Å². The van der Waals surface area contributed by atoms with Crippen LogP contribution in [-0.4, -0.2) is 28.0 Å². The van der Waals surface area contributed by atoms with Gasteiger partial charge in [-0.1, -0.05) is 24.4 Å². The van der Waals surface area contributed by atoms with E-state index in [9.17, 15) is 4.39 Å². The molecule has 0 atom stereocenters.